The third kappa shape index (κ3) is 2.99. The van der Waals surface area contributed by atoms with Crippen LogP contribution in [-0.4, -0.2) is 19.7 Å². The molecular formula is C17H18N4. The molecular weight excluding hydrogens is 260 g/mol. The SMILES string of the molecule is Cc1ccc(Cc2ccnc(-c3cnn(C)c3)c2)c(C)n1. The Morgan fingerprint density at radius 3 is 2.71 bits per heavy atom. The molecule has 0 saturated heterocycles. The van der Waals surface area contributed by atoms with E-state index in [1.165, 1.54) is 11.1 Å². The molecule has 0 spiro atoms. The second kappa shape index (κ2) is 5.48. The van der Waals surface area contributed by atoms with Crippen LogP contribution in [0.25, 0.3) is 11.3 Å². The van der Waals surface area contributed by atoms with Crippen LogP contribution in [0.1, 0.15) is 22.5 Å². The molecule has 0 atom stereocenters. The van der Waals surface area contributed by atoms with Crippen molar-refractivity contribution in [3.63, 3.8) is 0 Å². The van der Waals surface area contributed by atoms with Gasteiger partial charge in [0.15, 0.2) is 0 Å². The van der Waals surface area contributed by atoms with E-state index < -0.39 is 0 Å². The predicted molar refractivity (Wildman–Crippen MR) is 83.0 cm³/mol. The molecule has 0 unspecified atom stereocenters. The average molecular weight is 278 g/mol. The Kier molecular flexibility index (Phi) is 3.52. The van der Waals surface area contributed by atoms with Gasteiger partial charge in [-0.1, -0.05) is 6.07 Å². The molecule has 0 saturated carbocycles. The summed E-state index contributed by atoms with van der Waals surface area (Å²) in [7, 11) is 1.91. The molecule has 3 aromatic rings. The fraction of sp³-hybridized carbons (Fsp3) is 0.235. The van der Waals surface area contributed by atoms with Gasteiger partial charge in [0.1, 0.15) is 0 Å². The van der Waals surface area contributed by atoms with E-state index in [0.29, 0.717) is 0 Å². The van der Waals surface area contributed by atoms with E-state index in [-0.39, 0.29) is 0 Å². The van der Waals surface area contributed by atoms with Crippen LogP contribution in [0, 0.1) is 13.8 Å². The average Bonchev–Trinajstić information content (AvgIpc) is 2.89. The monoisotopic (exact) mass is 278 g/mol. The van der Waals surface area contributed by atoms with Crippen molar-refractivity contribution in [2.45, 2.75) is 20.3 Å². The van der Waals surface area contributed by atoms with E-state index in [0.717, 1.165) is 29.1 Å². The number of hydrogen-bond acceptors (Lipinski definition) is 3. The second-order valence-electron chi connectivity index (χ2n) is 5.33. The van der Waals surface area contributed by atoms with Crippen LogP contribution in [0.4, 0.5) is 0 Å². The molecule has 0 aliphatic rings. The number of aromatic nitrogens is 4. The molecule has 0 N–H and O–H groups in total. The molecule has 3 rings (SSSR count). The van der Waals surface area contributed by atoms with Gasteiger partial charge in [-0.3, -0.25) is 14.6 Å². The van der Waals surface area contributed by atoms with E-state index in [2.05, 4.69) is 46.3 Å². The highest BCUT2D eigenvalue weighted by molar-refractivity contribution is 5.57. The molecule has 0 aliphatic carbocycles. The first-order valence-electron chi connectivity index (χ1n) is 6.99. The minimum absolute atomic E-state index is 0.870. The Balaban J connectivity index is 1.89. The molecule has 0 bridgehead atoms. The summed E-state index contributed by atoms with van der Waals surface area (Å²) in [6.45, 7) is 4.08. The Hall–Kier alpha value is -2.49. The summed E-state index contributed by atoms with van der Waals surface area (Å²) in [5, 5.41) is 4.20. The maximum absolute atomic E-state index is 4.52. The van der Waals surface area contributed by atoms with E-state index in [9.17, 15) is 0 Å². The quantitative estimate of drug-likeness (QED) is 0.739. The number of rotatable bonds is 3. The van der Waals surface area contributed by atoms with Crippen LogP contribution >= 0.6 is 0 Å². The number of pyridine rings is 2. The van der Waals surface area contributed by atoms with Gasteiger partial charge in [-0.25, -0.2) is 0 Å². The van der Waals surface area contributed by atoms with Gasteiger partial charge in [-0.05, 0) is 49.6 Å². The number of aryl methyl sites for hydroxylation is 3. The lowest BCUT2D eigenvalue weighted by Crippen LogP contribution is -1.97. The summed E-state index contributed by atoms with van der Waals surface area (Å²) in [6, 6.07) is 8.39. The topological polar surface area (TPSA) is 43.6 Å². The van der Waals surface area contributed by atoms with Gasteiger partial charge in [0, 0.05) is 36.4 Å². The fourth-order valence-electron chi connectivity index (χ4n) is 2.42. The molecule has 3 heterocycles. The standard InChI is InChI=1S/C17H18N4/c1-12-4-5-15(13(2)20-12)8-14-6-7-18-17(9-14)16-10-19-21(3)11-16/h4-7,9-11H,8H2,1-3H3. The lowest BCUT2D eigenvalue weighted by atomic mass is 10.0. The van der Waals surface area contributed by atoms with E-state index in [1.807, 2.05) is 32.6 Å². The van der Waals surface area contributed by atoms with E-state index >= 15 is 0 Å². The van der Waals surface area contributed by atoms with Crippen LogP contribution < -0.4 is 0 Å². The molecule has 3 aromatic heterocycles. The molecule has 4 heteroatoms. The van der Waals surface area contributed by atoms with E-state index in [4.69, 9.17) is 0 Å². The minimum atomic E-state index is 0.870. The molecule has 0 amide bonds. The summed E-state index contributed by atoms with van der Waals surface area (Å²) in [4.78, 5) is 8.96. The van der Waals surface area contributed by atoms with Crippen LogP contribution in [0.15, 0.2) is 42.9 Å². The maximum Gasteiger partial charge on any atom is 0.0736 e. The summed E-state index contributed by atoms with van der Waals surface area (Å²) >= 11 is 0. The largest absolute Gasteiger partial charge is 0.275 e. The van der Waals surface area contributed by atoms with Crippen molar-refractivity contribution in [2.24, 2.45) is 7.05 Å². The molecule has 21 heavy (non-hydrogen) atoms. The van der Waals surface area contributed by atoms with Crippen molar-refractivity contribution in [2.75, 3.05) is 0 Å². The first-order valence-corrected chi connectivity index (χ1v) is 6.99. The minimum Gasteiger partial charge on any atom is -0.275 e. The highest BCUT2D eigenvalue weighted by Gasteiger charge is 2.06. The normalized spacial score (nSPS) is 10.8. The van der Waals surface area contributed by atoms with Crippen LogP contribution in [0.2, 0.25) is 0 Å². The zero-order valence-electron chi connectivity index (χ0n) is 12.5. The molecule has 0 aromatic carbocycles. The Bertz CT molecular complexity index is 774. The van der Waals surface area contributed by atoms with Crippen molar-refractivity contribution in [1.82, 2.24) is 19.7 Å². The Morgan fingerprint density at radius 2 is 2.00 bits per heavy atom. The third-order valence-corrected chi connectivity index (χ3v) is 3.55. The fourth-order valence-corrected chi connectivity index (χ4v) is 2.42. The van der Waals surface area contributed by atoms with Crippen molar-refractivity contribution in [3.05, 3.63) is 65.4 Å². The maximum atomic E-state index is 4.52. The van der Waals surface area contributed by atoms with Gasteiger partial charge in [-0.15, -0.1) is 0 Å². The first kappa shape index (κ1) is 13.5. The summed E-state index contributed by atoms with van der Waals surface area (Å²) in [5.74, 6) is 0. The molecule has 0 radical (unpaired) electrons. The Labute approximate surface area is 124 Å². The first-order chi connectivity index (χ1) is 10.1. The van der Waals surface area contributed by atoms with E-state index in [1.54, 1.807) is 4.68 Å². The van der Waals surface area contributed by atoms with Gasteiger partial charge in [0.25, 0.3) is 0 Å². The number of hydrogen-bond donors (Lipinski definition) is 0. The molecule has 106 valence electrons. The van der Waals surface area contributed by atoms with Crippen molar-refractivity contribution < 1.29 is 0 Å². The predicted octanol–water partition coefficient (Wildman–Crippen LogP) is 3.08. The number of nitrogens with zero attached hydrogens (tertiary/aromatic N) is 4. The highest BCUT2D eigenvalue weighted by Crippen LogP contribution is 2.19. The van der Waals surface area contributed by atoms with Gasteiger partial charge < -0.3 is 0 Å². The van der Waals surface area contributed by atoms with Crippen LogP contribution in [0.3, 0.4) is 0 Å². The zero-order chi connectivity index (χ0) is 14.8. The van der Waals surface area contributed by atoms with Gasteiger partial charge >= 0.3 is 0 Å². The van der Waals surface area contributed by atoms with Gasteiger partial charge in [-0.2, -0.15) is 5.10 Å². The lowest BCUT2D eigenvalue weighted by molar-refractivity contribution is 0.768. The van der Waals surface area contributed by atoms with Crippen molar-refractivity contribution in [3.8, 4) is 11.3 Å². The van der Waals surface area contributed by atoms with Crippen LogP contribution in [0.5, 0.6) is 0 Å². The highest BCUT2D eigenvalue weighted by atomic mass is 15.2. The van der Waals surface area contributed by atoms with Gasteiger partial charge in [0.05, 0.1) is 11.9 Å². The Morgan fingerprint density at radius 1 is 1.14 bits per heavy atom. The van der Waals surface area contributed by atoms with Gasteiger partial charge in [0.2, 0.25) is 0 Å². The zero-order valence-corrected chi connectivity index (χ0v) is 12.5. The molecule has 0 aliphatic heterocycles. The molecule has 4 nitrogen and oxygen atoms in total. The van der Waals surface area contributed by atoms with Crippen molar-refractivity contribution in [1.29, 1.82) is 0 Å². The third-order valence-electron chi connectivity index (χ3n) is 3.55. The lowest BCUT2D eigenvalue weighted by Gasteiger charge is -2.07. The summed E-state index contributed by atoms with van der Waals surface area (Å²) in [6.07, 6.45) is 6.54. The smallest absolute Gasteiger partial charge is 0.0736 e. The molecule has 0 fully saturated rings. The van der Waals surface area contributed by atoms with Crippen molar-refractivity contribution >= 4 is 0 Å². The summed E-state index contributed by atoms with van der Waals surface area (Å²) in [5.41, 5.74) is 6.63. The van der Waals surface area contributed by atoms with Crippen LogP contribution in [-0.2, 0) is 13.5 Å². The second-order valence-corrected chi connectivity index (χ2v) is 5.33. The summed E-state index contributed by atoms with van der Waals surface area (Å²) < 4.78 is 1.79.